The molecule has 0 bridgehead atoms. The molecule has 2 aromatic rings. The van der Waals surface area contributed by atoms with E-state index in [0.29, 0.717) is 24.9 Å². The van der Waals surface area contributed by atoms with Crippen LogP contribution in [0.1, 0.15) is 54.9 Å². The van der Waals surface area contributed by atoms with E-state index < -0.39 is 5.60 Å². The highest BCUT2D eigenvalue weighted by atomic mass is 16.3. The first-order valence-corrected chi connectivity index (χ1v) is 9.34. The molecular formula is C21H27N3O2. The van der Waals surface area contributed by atoms with Crippen LogP contribution in [0.5, 0.6) is 0 Å². The predicted octanol–water partition coefficient (Wildman–Crippen LogP) is 3.35. The lowest BCUT2D eigenvalue weighted by Crippen LogP contribution is -2.51. The fourth-order valence-corrected chi connectivity index (χ4v) is 3.82. The van der Waals surface area contributed by atoms with E-state index in [1.165, 1.54) is 0 Å². The van der Waals surface area contributed by atoms with Gasteiger partial charge in [0.15, 0.2) is 0 Å². The zero-order valence-corrected chi connectivity index (χ0v) is 15.3. The van der Waals surface area contributed by atoms with Crippen LogP contribution in [0.2, 0.25) is 0 Å². The SMILES string of the molecule is CCCC[C@H]1CC(O)(c2ccccc2)CCN1C(=O)c1cccnc1N. The van der Waals surface area contributed by atoms with Gasteiger partial charge in [-0.3, -0.25) is 4.79 Å². The molecule has 3 N–H and O–H groups in total. The van der Waals surface area contributed by atoms with Gasteiger partial charge in [-0.15, -0.1) is 0 Å². The zero-order valence-electron chi connectivity index (χ0n) is 15.3. The van der Waals surface area contributed by atoms with E-state index in [-0.39, 0.29) is 17.8 Å². The van der Waals surface area contributed by atoms with Crippen molar-refractivity contribution in [3.8, 4) is 0 Å². The third kappa shape index (κ3) is 3.73. The van der Waals surface area contributed by atoms with Crippen molar-refractivity contribution in [3.63, 3.8) is 0 Å². The molecule has 2 atom stereocenters. The molecule has 1 aliphatic heterocycles. The molecule has 0 spiro atoms. The molecule has 1 aliphatic rings. The third-order valence-electron chi connectivity index (χ3n) is 5.31. The van der Waals surface area contributed by atoms with Crippen molar-refractivity contribution in [1.29, 1.82) is 0 Å². The van der Waals surface area contributed by atoms with E-state index in [4.69, 9.17) is 5.73 Å². The molecule has 138 valence electrons. The number of nitrogen functional groups attached to an aromatic ring is 1. The van der Waals surface area contributed by atoms with Crippen LogP contribution in [0.4, 0.5) is 5.82 Å². The zero-order chi connectivity index (χ0) is 18.6. The highest BCUT2D eigenvalue weighted by molar-refractivity contribution is 5.98. The number of carbonyl (C=O) groups is 1. The summed E-state index contributed by atoms with van der Waals surface area (Å²) in [7, 11) is 0. The number of amides is 1. The number of benzene rings is 1. The monoisotopic (exact) mass is 353 g/mol. The molecular weight excluding hydrogens is 326 g/mol. The second-order valence-corrected chi connectivity index (χ2v) is 7.08. The van der Waals surface area contributed by atoms with E-state index in [1.807, 2.05) is 35.2 Å². The minimum atomic E-state index is -0.892. The number of aliphatic hydroxyl groups is 1. The Balaban J connectivity index is 1.85. The Labute approximate surface area is 154 Å². The minimum Gasteiger partial charge on any atom is -0.385 e. The normalized spacial score (nSPS) is 23.0. The van der Waals surface area contributed by atoms with E-state index in [9.17, 15) is 9.90 Å². The van der Waals surface area contributed by atoms with Crippen LogP contribution < -0.4 is 5.73 Å². The highest BCUT2D eigenvalue weighted by Gasteiger charge is 2.41. The first-order valence-electron chi connectivity index (χ1n) is 9.34. The molecule has 1 saturated heterocycles. The summed E-state index contributed by atoms with van der Waals surface area (Å²) in [6.45, 7) is 2.64. The summed E-state index contributed by atoms with van der Waals surface area (Å²) in [5.41, 5.74) is 6.39. The molecule has 26 heavy (non-hydrogen) atoms. The van der Waals surface area contributed by atoms with Crippen LogP contribution in [0, 0.1) is 0 Å². The summed E-state index contributed by atoms with van der Waals surface area (Å²) in [5, 5.41) is 11.3. The van der Waals surface area contributed by atoms with Gasteiger partial charge >= 0.3 is 0 Å². The second-order valence-electron chi connectivity index (χ2n) is 7.08. The number of hydrogen-bond donors (Lipinski definition) is 2. The molecule has 2 heterocycles. The number of rotatable bonds is 5. The van der Waals surface area contributed by atoms with Crippen LogP contribution in [0.15, 0.2) is 48.7 Å². The van der Waals surface area contributed by atoms with E-state index in [1.54, 1.807) is 18.3 Å². The van der Waals surface area contributed by atoms with Gasteiger partial charge in [0.05, 0.1) is 11.2 Å². The van der Waals surface area contributed by atoms with Crippen molar-refractivity contribution in [2.45, 2.75) is 50.7 Å². The Morgan fingerprint density at radius 3 is 2.77 bits per heavy atom. The van der Waals surface area contributed by atoms with Gasteiger partial charge in [0.25, 0.3) is 5.91 Å². The maximum absolute atomic E-state index is 13.1. The average Bonchev–Trinajstić information content (AvgIpc) is 2.67. The van der Waals surface area contributed by atoms with Gasteiger partial charge in [-0.05, 0) is 30.5 Å². The van der Waals surface area contributed by atoms with Crippen LogP contribution in [-0.2, 0) is 5.60 Å². The fourth-order valence-electron chi connectivity index (χ4n) is 3.82. The summed E-state index contributed by atoms with van der Waals surface area (Å²) in [4.78, 5) is 19.0. The molecule has 1 fully saturated rings. The predicted molar refractivity (Wildman–Crippen MR) is 103 cm³/mol. The Kier molecular flexibility index (Phi) is 5.57. The van der Waals surface area contributed by atoms with Crippen molar-refractivity contribution in [3.05, 3.63) is 59.8 Å². The first kappa shape index (κ1) is 18.4. The van der Waals surface area contributed by atoms with Crippen LogP contribution in [-0.4, -0.2) is 33.5 Å². The third-order valence-corrected chi connectivity index (χ3v) is 5.31. The average molecular weight is 353 g/mol. The lowest BCUT2D eigenvalue weighted by Gasteiger charge is -2.44. The van der Waals surface area contributed by atoms with Gasteiger partial charge in [0.1, 0.15) is 5.82 Å². The van der Waals surface area contributed by atoms with Crippen molar-refractivity contribution in [2.75, 3.05) is 12.3 Å². The van der Waals surface area contributed by atoms with Crippen LogP contribution in [0.3, 0.4) is 0 Å². The quantitative estimate of drug-likeness (QED) is 0.864. The van der Waals surface area contributed by atoms with Gasteiger partial charge in [-0.1, -0.05) is 50.1 Å². The van der Waals surface area contributed by atoms with Gasteiger partial charge in [-0.25, -0.2) is 4.98 Å². The summed E-state index contributed by atoms with van der Waals surface area (Å²) < 4.78 is 0. The van der Waals surface area contributed by atoms with Gasteiger partial charge in [0.2, 0.25) is 0 Å². The summed E-state index contributed by atoms with van der Waals surface area (Å²) in [6.07, 6.45) is 5.59. The van der Waals surface area contributed by atoms with Gasteiger partial charge in [-0.2, -0.15) is 0 Å². The lowest BCUT2D eigenvalue weighted by atomic mass is 9.79. The Bertz CT molecular complexity index is 750. The molecule has 3 rings (SSSR count). The standard InChI is InChI=1S/C21H27N3O2/c1-2-3-10-17-15-21(26,16-8-5-4-6-9-16)12-14-24(17)20(25)18-11-7-13-23-19(18)22/h4-9,11,13,17,26H,2-3,10,12,14-15H2,1H3,(H2,22,23)/t17-,21?/m0/s1. The number of nitrogens with zero attached hydrogens (tertiary/aromatic N) is 2. The molecule has 0 aliphatic carbocycles. The maximum atomic E-state index is 13.1. The topological polar surface area (TPSA) is 79.5 Å². The first-order chi connectivity index (χ1) is 12.5. The molecule has 1 aromatic heterocycles. The number of nitrogens with two attached hydrogens (primary N) is 1. The molecule has 0 saturated carbocycles. The molecule has 1 aromatic carbocycles. The Morgan fingerprint density at radius 2 is 2.08 bits per heavy atom. The van der Waals surface area contributed by atoms with Gasteiger partial charge < -0.3 is 15.7 Å². The van der Waals surface area contributed by atoms with Crippen molar-refractivity contribution >= 4 is 11.7 Å². The number of piperidine rings is 1. The molecule has 1 unspecified atom stereocenters. The van der Waals surface area contributed by atoms with Crippen LogP contribution in [0.25, 0.3) is 0 Å². The van der Waals surface area contributed by atoms with E-state index in [0.717, 1.165) is 24.8 Å². The molecule has 5 nitrogen and oxygen atoms in total. The van der Waals surface area contributed by atoms with Crippen LogP contribution >= 0.6 is 0 Å². The molecule has 1 amide bonds. The number of hydrogen-bond acceptors (Lipinski definition) is 4. The minimum absolute atomic E-state index is 0.0130. The number of pyridine rings is 1. The summed E-state index contributed by atoms with van der Waals surface area (Å²) in [6, 6.07) is 13.2. The number of unbranched alkanes of at least 4 members (excludes halogenated alkanes) is 1. The smallest absolute Gasteiger partial charge is 0.257 e. The van der Waals surface area contributed by atoms with Crippen molar-refractivity contribution in [1.82, 2.24) is 9.88 Å². The number of carbonyl (C=O) groups excluding carboxylic acids is 1. The summed E-state index contributed by atoms with van der Waals surface area (Å²) >= 11 is 0. The van der Waals surface area contributed by atoms with E-state index in [2.05, 4.69) is 11.9 Å². The second kappa shape index (κ2) is 7.87. The lowest BCUT2D eigenvalue weighted by molar-refractivity contribution is -0.0456. The molecule has 5 heteroatoms. The van der Waals surface area contributed by atoms with Crippen molar-refractivity contribution in [2.24, 2.45) is 0 Å². The number of anilines is 1. The number of likely N-dealkylation sites (tertiary alicyclic amines) is 1. The Hall–Kier alpha value is -2.40. The molecule has 0 radical (unpaired) electrons. The van der Waals surface area contributed by atoms with E-state index >= 15 is 0 Å². The van der Waals surface area contributed by atoms with Crippen molar-refractivity contribution < 1.29 is 9.90 Å². The summed E-state index contributed by atoms with van der Waals surface area (Å²) in [5.74, 6) is 0.169. The number of aromatic nitrogens is 1. The Morgan fingerprint density at radius 1 is 1.31 bits per heavy atom. The fraction of sp³-hybridized carbons (Fsp3) is 0.429. The maximum Gasteiger partial charge on any atom is 0.257 e. The highest BCUT2D eigenvalue weighted by Crippen LogP contribution is 2.38. The van der Waals surface area contributed by atoms with Gasteiger partial charge in [0, 0.05) is 25.2 Å². The largest absolute Gasteiger partial charge is 0.385 e.